The minimum Gasteiger partial charge on any atom is -0.507 e. The summed E-state index contributed by atoms with van der Waals surface area (Å²) in [4.78, 5) is 15.5. The van der Waals surface area contributed by atoms with Crippen molar-refractivity contribution in [3.63, 3.8) is 0 Å². The Hall–Kier alpha value is -4.43. The molecule has 4 aromatic rings. The summed E-state index contributed by atoms with van der Waals surface area (Å²) in [6, 6.07) is 17.6. The summed E-state index contributed by atoms with van der Waals surface area (Å²) in [5, 5.41) is 18.5. The number of nitrogens with one attached hydrogen (secondary N) is 1. The number of rotatable bonds is 10. The van der Waals surface area contributed by atoms with E-state index < -0.39 is 6.04 Å². The Balaban J connectivity index is 1.58. The van der Waals surface area contributed by atoms with E-state index in [-0.39, 0.29) is 11.7 Å². The van der Waals surface area contributed by atoms with E-state index in [1.165, 1.54) is 6.07 Å². The molecule has 1 amide bonds. The second kappa shape index (κ2) is 11.1. The molecule has 0 saturated heterocycles. The number of fused-ring (bicyclic) bond motifs is 1. The number of hydrogen-bond donors (Lipinski definition) is 2. The number of phenolic OH excluding ortho intramolecular Hbond substituents is 1. The molecule has 9 heteroatoms. The number of aromatic hydroxyl groups is 1. The largest absolute Gasteiger partial charge is 0.507 e. The van der Waals surface area contributed by atoms with Crippen LogP contribution in [-0.2, 0) is 6.42 Å². The van der Waals surface area contributed by atoms with E-state index in [0.29, 0.717) is 58.6 Å². The van der Waals surface area contributed by atoms with Gasteiger partial charge in [0.25, 0.3) is 5.91 Å². The molecular formula is C30H28ClN3O5. The molecule has 5 rings (SSSR count). The quantitative estimate of drug-likeness (QED) is 0.244. The Bertz CT molecular complexity index is 1520. The molecule has 0 aliphatic carbocycles. The standard InChI is InChI=1S/C30H28ClN3O5/c1-4-15-39-24-12-7-19(16-25(24)38-3)29-26-27(22-17-20(31)8-11-23(22)35)32-33-28(26)30(36)34(29)14-13-18-5-9-21(37-2)10-6-18/h4-12,16-17,29,35H,1,13-15H2,2-3H3,(H,32,33). The molecule has 1 unspecified atom stereocenters. The molecule has 1 atom stereocenters. The molecule has 200 valence electrons. The number of methoxy groups -OCH3 is 2. The van der Waals surface area contributed by atoms with Crippen molar-refractivity contribution in [3.8, 4) is 34.3 Å². The van der Waals surface area contributed by atoms with Gasteiger partial charge >= 0.3 is 0 Å². The zero-order valence-electron chi connectivity index (χ0n) is 21.6. The summed E-state index contributed by atoms with van der Waals surface area (Å²) in [5.41, 5.74) is 3.80. The molecule has 8 nitrogen and oxygen atoms in total. The summed E-state index contributed by atoms with van der Waals surface area (Å²) in [6.07, 6.45) is 2.28. The van der Waals surface area contributed by atoms with Crippen LogP contribution < -0.4 is 14.2 Å². The normalized spacial score (nSPS) is 14.3. The second-order valence-electron chi connectivity index (χ2n) is 9.03. The lowest BCUT2D eigenvalue weighted by Crippen LogP contribution is -2.31. The lowest BCUT2D eigenvalue weighted by molar-refractivity contribution is 0.0745. The minimum atomic E-state index is -0.500. The van der Waals surface area contributed by atoms with Crippen LogP contribution in [0.5, 0.6) is 23.0 Å². The number of phenols is 1. The van der Waals surface area contributed by atoms with Crippen LogP contribution in [0.4, 0.5) is 0 Å². The number of hydrogen-bond acceptors (Lipinski definition) is 6. The smallest absolute Gasteiger partial charge is 0.273 e. The molecule has 1 aromatic heterocycles. The molecule has 0 spiro atoms. The van der Waals surface area contributed by atoms with Crippen LogP contribution >= 0.6 is 11.6 Å². The highest BCUT2D eigenvalue weighted by Crippen LogP contribution is 2.46. The maximum absolute atomic E-state index is 13.7. The first kappa shape index (κ1) is 26.2. The van der Waals surface area contributed by atoms with Crippen LogP contribution in [0.25, 0.3) is 11.3 Å². The average molecular weight is 546 g/mol. The number of aromatic amines is 1. The molecule has 3 aromatic carbocycles. The maximum atomic E-state index is 13.7. The summed E-state index contributed by atoms with van der Waals surface area (Å²) in [7, 11) is 3.20. The molecule has 0 saturated carbocycles. The Morgan fingerprint density at radius 1 is 1.08 bits per heavy atom. The van der Waals surface area contributed by atoms with Gasteiger partial charge in [0, 0.05) is 22.7 Å². The van der Waals surface area contributed by atoms with E-state index in [2.05, 4.69) is 16.8 Å². The highest BCUT2D eigenvalue weighted by Gasteiger charge is 2.42. The third-order valence-corrected chi connectivity index (χ3v) is 6.97. The predicted octanol–water partition coefficient (Wildman–Crippen LogP) is 5.81. The van der Waals surface area contributed by atoms with Crippen LogP contribution in [0, 0.1) is 0 Å². The van der Waals surface area contributed by atoms with Gasteiger partial charge in [-0.1, -0.05) is 42.5 Å². The Labute approximate surface area is 231 Å². The number of nitrogens with zero attached hydrogens (tertiary/aromatic N) is 2. The minimum absolute atomic E-state index is 0.0161. The van der Waals surface area contributed by atoms with Crippen molar-refractivity contribution < 1.29 is 24.1 Å². The fraction of sp³-hybridized carbons (Fsp3) is 0.200. The number of aromatic nitrogens is 2. The van der Waals surface area contributed by atoms with E-state index in [1.54, 1.807) is 37.3 Å². The summed E-state index contributed by atoms with van der Waals surface area (Å²) >= 11 is 6.26. The maximum Gasteiger partial charge on any atom is 0.273 e. The van der Waals surface area contributed by atoms with Gasteiger partial charge in [0.1, 0.15) is 29.5 Å². The molecular weight excluding hydrogens is 518 g/mol. The van der Waals surface area contributed by atoms with E-state index in [4.69, 9.17) is 25.8 Å². The third-order valence-electron chi connectivity index (χ3n) is 6.74. The van der Waals surface area contributed by atoms with Gasteiger partial charge in [-0.3, -0.25) is 9.89 Å². The summed E-state index contributed by atoms with van der Waals surface area (Å²) in [6.45, 7) is 4.47. The number of ether oxygens (including phenoxy) is 3. The van der Waals surface area contributed by atoms with E-state index in [9.17, 15) is 9.90 Å². The molecule has 39 heavy (non-hydrogen) atoms. The van der Waals surface area contributed by atoms with Crippen molar-refractivity contribution in [1.82, 2.24) is 15.1 Å². The van der Waals surface area contributed by atoms with Gasteiger partial charge < -0.3 is 24.2 Å². The SMILES string of the molecule is C=CCOc1ccc(C2c3c(-c4cc(Cl)ccc4O)n[nH]c3C(=O)N2CCc2ccc(OC)cc2)cc1OC. The molecule has 0 radical (unpaired) electrons. The molecule has 0 fully saturated rings. The molecule has 2 heterocycles. The van der Waals surface area contributed by atoms with Crippen molar-refractivity contribution in [1.29, 1.82) is 0 Å². The molecule has 1 aliphatic heterocycles. The number of benzene rings is 3. The average Bonchev–Trinajstić information content (AvgIpc) is 3.50. The first-order valence-corrected chi connectivity index (χ1v) is 12.8. The van der Waals surface area contributed by atoms with Crippen molar-refractivity contribution in [2.24, 2.45) is 0 Å². The Morgan fingerprint density at radius 3 is 2.59 bits per heavy atom. The summed E-state index contributed by atoms with van der Waals surface area (Å²) < 4.78 is 16.6. The number of halogens is 1. The van der Waals surface area contributed by atoms with E-state index in [1.807, 2.05) is 42.5 Å². The molecule has 2 N–H and O–H groups in total. The fourth-order valence-corrected chi connectivity index (χ4v) is 5.01. The van der Waals surface area contributed by atoms with E-state index in [0.717, 1.165) is 16.9 Å². The zero-order valence-corrected chi connectivity index (χ0v) is 22.4. The lowest BCUT2D eigenvalue weighted by Gasteiger charge is -2.27. The number of amides is 1. The monoisotopic (exact) mass is 545 g/mol. The predicted molar refractivity (Wildman–Crippen MR) is 149 cm³/mol. The highest BCUT2D eigenvalue weighted by atomic mass is 35.5. The highest BCUT2D eigenvalue weighted by molar-refractivity contribution is 6.31. The fourth-order valence-electron chi connectivity index (χ4n) is 4.84. The Kier molecular flexibility index (Phi) is 7.47. The number of carbonyl (C=O) groups excluding carboxylic acids is 1. The Morgan fingerprint density at radius 2 is 1.87 bits per heavy atom. The van der Waals surface area contributed by atoms with Crippen LogP contribution in [0.1, 0.15) is 33.2 Å². The van der Waals surface area contributed by atoms with Gasteiger partial charge in [-0.2, -0.15) is 5.10 Å². The van der Waals surface area contributed by atoms with Gasteiger partial charge in [0.05, 0.1) is 20.3 Å². The first-order valence-electron chi connectivity index (χ1n) is 12.4. The van der Waals surface area contributed by atoms with Crippen LogP contribution in [0.2, 0.25) is 5.02 Å². The van der Waals surface area contributed by atoms with Crippen LogP contribution in [0.15, 0.2) is 73.3 Å². The number of H-pyrrole nitrogens is 1. The summed E-state index contributed by atoms with van der Waals surface area (Å²) in [5.74, 6) is 1.69. The molecule has 1 aliphatic rings. The van der Waals surface area contributed by atoms with Gasteiger partial charge in [0.15, 0.2) is 11.5 Å². The van der Waals surface area contributed by atoms with Crippen molar-refractivity contribution in [3.05, 3.63) is 101 Å². The van der Waals surface area contributed by atoms with E-state index >= 15 is 0 Å². The van der Waals surface area contributed by atoms with Gasteiger partial charge in [-0.05, 0) is 60.0 Å². The zero-order chi connectivity index (χ0) is 27.5. The third kappa shape index (κ3) is 5.03. The van der Waals surface area contributed by atoms with Gasteiger partial charge in [-0.15, -0.1) is 0 Å². The van der Waals surface area contributed by atoms with Crippen LogP contribution in [-0.4, -0.2) is 53.5 Å². The van der Waals surface area contributed by atoms with Crippen molar-refractivity contribution in [2.45, 2.75) is 12.5 Å². The topological polar surface area (TPSA) is 96.9 Å². The van der Waals surface area contributed by atoms with Gasteiger partial charge in [-0.25, -0.2) is 0 Å². The van der Waals surface area contributed by atoms with Crippen LogP contribution in [0.3, 0.4) is 0 Å². The lowest BCUT2D eigenvalue weighted by atomic mass is 9.95. The first-order chi connectivity index (χ1) is 18.9. The van der Waals surface area contributed by atoms with Crippen molar-refractivity contribution in [2.75, 3.05) is 27.4 Å². The van der Waals surface area contributed by atoms with Gasteiger partial charge in [0.2, 0.25) is 0 Å². The second-order valence-corrected chi connectivity index (χ2v) is 9.47. The van der Waals surface area contributed by atoms with Crippen molar-refractivity contribution >= 4 is 17.5 Å². The number of carbonyl (C=O) groups is 1. The molecule has 0 bridgehead atoms.